The Morgan fingerprint density at radius 2 is 2.12 bits per heavy atom. The Morgan fingerprint density at radius 3 is 3.00 bits per heavy atom. The quantitative estimate of drug-likeness (QED) is 0.618. The number of hydrogen-bond donors (Lipinski definition) is 2. The Balaban J connectivity index is 1.32. The van der Waals surface area contributed by atoms with E-state index < -0.39 is 11.2 Å². The first-order chi connectivity index (χ1) is 16.0. The first-order valence-electron chi connectivity index (χ1n) is 10.9. The van der Waals surface area contributed by atoms with E-state index in [1.165, 1.54) is 0 Å². The zero-order valence-electron chi connectivity index (χ0n) is 18.3. The number of amidine groups is 1. The molecule has 5 rings (SSSR count). The number of aryl methyl sites for hydroxylation is 1. The molecule has 2 aliphatic heterocycles. The summed E-state index contributed by atoms with van der Waals surface area (Å²) in [5.41, 5.74) is 9.71. The molecule has 1 saturated heterocycles. The summed E-state index contributed by atoms with van der Waals surface area (Å²) in [5.74, 6) is 1.02. The van der Waals surface area contributed by atoms with Crippen molar-refractivity contribution in [2.24, 2.45) is 16.0 Å². The molecule has 2 unspecified atom stereocenters. The normalized spacial score (nSPS) is 20.0. The average molecular weight is 464 g/mol. The lowest BCUT2D eigenvalue weighted by molar-refractivity contribution is 0.0634. The van der Waals surface area contributed by atoms with Crippen molar-refractivity contribution in [2.75, 3.05) is 24.4 Å². The Labute approximate surface area is 194 Å². The Morgan fingerprint density at radius 1 is 1.27 bits per heavy atom. The zero-order valence-corrected chi connectivity index (χ0v) is 19.1. The van der Waals surface area contributed by atoms with Crippen molar-refractivity contribution in [1.82, 2.24) is 9.88 Å². The van der Waals surface area contributed by atoms with Crippen molar-refractivity contribution in [3.05, 3.63) is 65.4 Å². The smallest absolute Gasteiger partial charge is 0.254 e. The monoisotopic (exact) mass is 463 g/mol. The highest BCUT2D eigenvalue weighted by Crippen LogP contribution is 2.31. The number of benzene rings is 2. The van der Waals surface area contributed by atoms with E-state index in [-0.39, 0.29) is 17.7 Å². The van der Waals surface area contributed by atoms with E-state index in [1.54, 1.807) is 12.3 Å². The maximum Gasteiger partial charge on any atom is 0.254 e. The van der Waals surface area contributed by atoms with Crippen molar-refractivity contribution in [2.45, 2.75) is 19.8 Å². The highest BCUT2D eigenvalue weighted by molar-refractivity contribution is 7.85. The van der Waals surface area contributed by atoms with Gasteiger partial charge >= 0.3 is 0 Å². The fourth-order valence-corrected chi connectivity index (χ4v) is 5.20. The number of carbonyl (C=O) groups is 1. The standard InChI is InChI=1S/C24H25N5O3S/c1-15-12-26-18-8-3-2-7-17(18)21(15)24(30)29-11-5-6-16(13-29)14-32-20-10-4-9-19-22(20)23(25)28-33(31)27-19/h2-4,7-10,12,16,27H,5-6,11,13-14H2,1H3,(H2,25,28). The van der Waals surface area contributed by atoms with Crippen LogP contribution in [0.15, 0.2) is 53.1 Å². The number of para-hydroxylation sites is 1. The van der Waals surface area contributed by atoms with Crippen molar-refractivity contribution >= 4 is 39.5 Å². The number of carbonyl (C=O) groups excluding carboxylic acids is 1. The first-order valence-corrected chi connectivity index (χ1v) is 12.0. The van der Waals surface area contributed by atoms with Gasteiger partial charge in [0.2, 0.25) is 11.2 Å². The number of rotatable bonds is 4. The van der Waals surface area contributed by atoms with E-state index >= 15 is 0 Å². The first kappa shape index (κ1) is 21.4. The third kappa shape index (κ3) is 4.16. The van der Waals surface area contributed by atoms with Crippen LogP contribution in [0.4, 0.5) is 5.69 Å². The predicted molar refractivity (Wildman–Crippen MR) is 130 cm³/mol. The third-order valence-corrected chi connectivity index (χ3v) is 6.88. The lowest BCUT2D eigenvalue weighted by Gasteiger charge is -2.33. The molecular formula is C24H25N5O3S. The second kappa shape index (κ2) is 8.82. The van der Waals surface area contributed by atoms with Gasteiger partial charge < -0.3 is 15.4 Å². The number of likely N-dealkylation sites (tertiary alicyclic amines) is 1. The number of nitrogens with one attached hydrogen (secondary N) is 1. The van der Waals surface area contributed by atoms with Gasteiger partial charge in [0.25, 0.3) is 5.91 Å². The van der Waals surface area contributed by atoms with Crippen LogP contribution in [0, 0.1) is 12.8 Å². The van der Waals surface area contributed by atoms with Crippen LogP contribution in [0.1, 0.15) is 34.3 Å². The molecule has 0 spiro atoms. The fourth-order valence-electron chi connectivity index (χ4n) is 4.53. The number of anilines is 1. The topological polar surface area (TPSA) is 110 Å². The number of ether oxygens (including phenoxy) is 1. The van der Waals surface area contributed by atoms with Crippen LogP contribution in [0.2, 0.25) is 0 Å². The van der Waals surface area contributed by atoms with Gasteiger partial charge in [-0.1, -0.05) is 24.3 Å². The second-order valence-electron chi connectivity index (χ2n) is 8.41. The van der Waals surface area contributed by atoms with Crippen LogP contribution in [-0.2, 0) is 11.2 Å². The summed E-state index contributed by atoms with van der Waals surface area (Å²) in [6.45, 7) is 3.73. The van der Waals surface area contributed by atoms with Gasteiger partial charge in [0.1, 0.15) is 11.6 Å². The minimum absolute atomic E-state index is 0.0379. The van der Waals surface area contributed by atoms with Gasteiger partial charge in [0, 0.05) is 30.6 Å². The van der Waals surface area contributed by atoms with Gasteiger partial charge in [-0.3, -0.25) is 14.5 Å². The van der Waals surface area contributed by atoms with Crippen LogP contribution in [0.5, 0.6) is 5.75 Å². The third-order valence-electron chi connectivity index (χ3n) is 6.12. The molecule has 2 atom stereocenters. The number of fused-ring (bicyclic) bond motifs is 2. The average Bonchev–Trinajstić information content (AvgIpc) is 2.82. The molecule has 1 amide bonds. The number of piperidine rings is 1. The van der Waals surface area contributed by atoms with Gasteiger partial charge in [0.05, 0.1) is 28.9 Å². The minimum Gasteiger partial charge on any atom is -0.492 e. The fraction of sp³-hybridized carbons (Fsp3) is 0.292. The van der Waals surface area contributed by atoms with E-state index in [9.17, 15) is 9.00 Å². The van der Waals surface area contributed by atoms with Gasteiger partial charge in [0.15, 0.2) is 0 Å². The number of nitrogens with zero attached hydrogens (tertiary/aromatic N) is 3. The summed E-state index contributed by atoms with van der Waals surface area (Å²) in [6.07, 6.45) is 3.66. The molecule has 0 saturated carbocycles. The van der Waals surface area contributed by atoms with E-state index in [2.05, 4.69) is 14.1 Å². The van der Waals surface area contributed by atoms with Gasteiger partial charge in [-0.2, -0.15) is 4.40 Å². The van der Waals surface area contributed by atoms with Gasteiger partial charge in [-0.25, -0.2) is 4.21 Å². The second-order valence-corrected chi connectivity index (χ2v) is 9.30. The zero-order chi connectivity index (χ0) is 22.9. The number of amides is 1. The van der Waals surface area contributed by atoms with Crippen molar-refractivity contribution in [3.63, 3.8) is 0 Å². The van der Waals surface area contributed by atoms with Crippen LogP contribution in [-0.4, -0.2) is 45.5 Å². The predicted octanol–water partition coefficient (Wildman–Crippen LogP) is 3.18. The summed E-state index contributed by atoms with van der Waals surface area (Å²) in [4.78, 5) is 19.9. The SMILES string of the molecule is Cc1cnc2ccccc2c1C(=O)N1CCCC(COc2cccc3c2C(N)=NS(=O)N3)C1. The molecule has 33 heavy (non-hydrogen) atoms. The summed E-state index contributed by atoms with van der Waals surface area (Å²) in [7, 11) is 0. The molecule has 3 N–H and O–H groups in total. The molecule has 1 fully saturated rings. The molecule has 2 aliphatic rings. The largest absolute Gasteiger partial charge is 0.492 e. The van der Waals surface area contributed by atoms with Crippen LogP contribution < -0.4 is 15.2 Å². The molecule has 0 bridgehead atoms. The molecule has 8 nitrogen and oxygen atoms in total. The van der Waals surface area contributed by atoms with Crippen molar-refractivity contribution in [1.29, 1.82) is 0 Å². The number of nitrogens with two attached hydrogens (primary N) is 1. The van der Waals surface area contributed by atoms with E-state index in [4.69, 9.17) is 10.5 Å². The maximum atomic E-state index is 13.5. The summed E-state index contributed by atoms with van der Waals surface area (Å²) in [6, 6.07) is 13.2. The molecule has 2 aromatic carbocycles. The molecule has 9 heteroatoms. The van der Waals surface area contributed by atoms with Crippen molar-refractivity contribution in [3.8, 4) is 5.75 Å². The molecule has 3 heterocycles. The Kier molecular flexibility index (Phi) is 5.72. The highest BCUT2D eigenvalue weighted by atomic mass is 32.2. The molecule has 1 aromatic heterocycles. The summed E-state index contributed by atoms with van der Waals surface area (Å²) >= 11 is -1.58. The number of pyridine rings is 1. The molecular weight excluding hydrogens is 438 g/mol. The lowest BCUT2D eigenvalue weighted by atomic mass is 9.96. The molecule has 3 aromatic rings. The molecule has 0 radical (unpaired) electrons. The highest BCUT2D eigenvalue weighted by Gasteiger charge is 2.28. The maximum absolute atomic E-state index is 13.5. The minimum atomic E-state index is -1.58. The summed E-state index contributed by atoms with van der Waals surface area (Å²) in [5, 5.41) is 0.886. The molecule has 0 aliphatic carbocycles. The number of hydrogen-bond acceptors (Lipinski definition) is 5. The summed E-state index contributed by atoms with van der Waals surface area (Å²) < 4.78 is 24.5. The van der Waals surface area contributed by atoms with E-state index in [0.29, 0.717) is 30.2 Å². The van der Waals surface area contributed by atoms with E-state index in [1.807, 2.05) is 48.2 Å². The van der Waals surface area contributed by atoms with Crippen LogP contribution in [0.25, 0.3) is 10.9 Å². The van der Waals surface area contributed by atoms with Gasteiger partial charge in [-0.05, 0) is 43.5 Å². The van der Waals surface area contributed by atoms with Crippen molar-refractivity contribution < 1.29 is 13.7 Å². The van der Waals surface area contributed by atoms with Gasteiger partial charge in [-0.15, -0.1) is 0 Å². The van der Waals surface area contributed by atoms with Crippen LogP contribution in [0.3, 0.4) is 0 Å². The number of aromatic nitrogens is 1. The lowest BCUT2D eigenvalue weighted by Crippen LogP contribution is -2.42. The Bertz CT molecular complexity index is 1290. The van der Waals surface area contributed by atoms with E-state index in [0.717, 1.165) is 41.4 Å². The Hall–Kier alpha value is -3.46. The van der Waals surface area contributed by atoms with Crippen LogP contribution >= 0.6 is 0 Å². The molecule has 170 valence electrons.